The van der Waals surface area contributed by atoms with Gasteiger partial charge in [-0.15, -0.1) is 0 Å². The van der Waals surface area contributed by atoms with Gasteiger partial charge in [-0.2, -0.15) is 0 Å². The lowest BCUT2D eigenvalue weighted by atomic mass is 9.72. The first-order chi connectivity index (χ1) is 24.5. The molecule has 1 heterocycles. The third kappa shape index (κ3) is 6.16. The molecule has 0 saturated carbocycles. The van der Waals surface area contributed by atoms with Crippen LogP contribution in [0.15, 0.2) is 162 Å². The van der Waals surface area contributed by atoms with E-state index in [1.165, 1.54) is 27.9 Å². The number of aliphatic imine (C=N–C) groups is 1. The van der Waals surface area contributed by atoms with Gasteiger partial charge in [-0.3, -0.25) is 4.99 Å². The van der Waals surface area contributed by atoms with Gasteiger partial charge in [0.2, 0.25) is 0 Å². The fraction of sp³-hybridized carbons (Fsp3) is 0.170. The van der Waals surface area contributed by atoms with Gasteiger partial charge in [0.15, 0.2) is 0 Å². The number of allylic oxidation sites excluding steroid dienone is 6. The fourth-order valence-electron chi connectivity index (χ4n) is 7.87. The number of nitrogens with one attached hydrogen (secondary N) is 1. The molecule has 4 aromatic carbocycles. The van der Waals surface area contributed by atoms with E-state index in [9.17, 15) is 5.41 Å². The number of aromatic nitrogens is 1. The van der Waals surface area contributed by atoms with E-state index < -0.39 is 0 Å². The first-order valence-corrected chi connectivity index (χ1v) is 17.8. The maximum absolute atomic E-state index is 9.23. The largest absolute Gasteiger partial charge is 0.305 e. The molecule has 1 atom stereocenters. The van der Waals surface area contributed by atoms with Crippen molar-refractivity contribution in [3.05, 3.63) is 190 Å². The van der Waals surface area contributed by atoms with Crippen LogP contribution in [0.2, 0.25) is 0 Å². The molecule has 3 nitrogen and oxygen atoms in total. The van der Waals surface area contributed by atoms with Gasteiger partial charge in [0.1, 0.15) is 0 Å². The van der Waals surface area contributed by atoms with Crippen LogP contribution in [0.25, 0.3) is 22.4 Å². The van der Waals surface area contributed by atoms with Crippen LogP contribution >= 0.6 is 0 Å². The number of hydrogen-bond donors (Lipinski definition) is 1. The summed E-state index contributed by atoms with van der Waals surface area (Å²) in [6.07, 6.45) is 9.82. The van der Waals surface area contributed by atoms with Gasteiger partial charge in [-0.05, 0) is 90.6 Å². The first kappa shape index (κ1) is 31.6. The summed E-state index contributed by atoms with van der Waals surface area (Å²) in [7, 11) is 0. The number of nitrogens with zero attached hydrogens (tertiary/aromatic N) is 2. The van der Waals surface area contributed by atoms with Crippen molar-refractivity contribution in [3.8, 4) is 11.3 Å². The van der Waals surface area contributed by atoms with Gasteiger partial charge < -0.3 is 5.41 Å². The highest BCUT2D eigenvalue weighted by Gasteiger charge is 2.32. The highest BCUT2D eigenvalue weighted by molar-refractivity contribution is 6.07. The summed E-state index contributed by atoms with van der Waals surface area (Å²) in [5.41, 5.74) is 17.8. The second kappa shape index (κ2) is 13.7. The van der Waals surface area contributed by atoms with E-state index in [1.807, 2.05) is 6.07 Å². The maximum atomic E-state index is 9.23. The predicted molar refractivity (Wildman–Crippen MR) is 209 cm³/mol. The Morgan fingerprint density at radius 1 is 0.760 bits per heavy atom. The summed E-state index contributed by atoms with van der Waals surface area (Å²) in [5, 5.41) is 9.23. The molecule has 244 valence electrons. The number of benzene rings is 4. The number of fused-ring (bicyclic) bond motifs is 6. The molecule has 50 heavy (non-hydrogen) atoms. The highest BCUT2D eigenvalue weighted by atomic mass is 14.8. The summed E-state index contributed by atoms with van der Waals surface area (Å²) >= 11 is 0. The Morgan fingerprint density at radius 2 is 1.48 bits per heavy atom. The number of rotatable bonds is 4. The second-order valence-corrected chi connectivity index (χ2v) is 13.6. The molecular weight excluding hydrogens is 607 g/mol. The summed E-state index contributed by atoms with van der Waals surface area (Å²) < 4.78 is 0. The van der Waals surface area contributed by atoms with Crippen LogP contribution in [0, 0.1) is 11.3 Å². The number of para-hydroxylation sites is 1. The second-order valence-electron chi connectivity index (χ2n) is 13.6. The van der Waals surface area contributed by atoms with Crippen molar-refractivity contribution < 1.29 is 0 Å². The van der Waals surface area contributed by atoms with Crippen LogP contribution in [0.4, 0.5) is 5.69 Å². The molecule has 0 saturated heterocycles. The minimum Gasteiger partial charge on any atom is -0.305 e. The normalized spacial score (nSPS) is 18.1. The number of aryl methyl sites for hydroxylation is 1. The predicted octanol–water partition coefficient (Wildman–Crippen LogP) is 11.8. The average molecular weight is 648 g/mol. The Balaban J connectivity index is 1.30. The smallest absolute Gasteiger partial charge is 0.0711 e. The first-order valence-electron chi connectivity index (χ1n) is 17.8. The SMILES string of the molecule is C=C(c1ccccc1)c1ccccc1N=C1CC2=C(C)C=CCC2C2=C(CCC(=N)c3cccc1c3)CCc1ccc(-c3ccccc3)nc12. The quantitative estimate of drug-likeness (QED) is 0.207. The van der Waals surface area contributed by atoms with Crippen molar-refractivity contribution in [2.45, 2.75) is 45.4 Å². The molecule has 3 aliphatic carbocycles. The molecule has 1 unspecified atom stereocenters. The Hall–Kier alpha value is -5.67. The summed E-state index contributed by atoms with van der Waals surface area (Å²) in [6.45, 7) is 6.77. The standard InChI is InChI=1S/C47H41N3/c1-31-13-11-21-40-41(31)30-45(49-44-22-10-9-20-39(44)32(2)33-14-5-3-6-15-33)38-19-12-18-37(29-38)42(48)27-25-35-23-24-36-26-28-43(50-47(36)46(35)40)34-16-7-4-8-17-34/h3-20,22,26,28-29,40,48H,2,21,23-25,27,30H2,1H3. The molecule has 3 aliphatic rings. The molecule has 0 spiro atoms. The van der Waals surface area contributed by atoms with E-state index in [2.05, 4.69) is 141 Å². The van der Waals surface area contributed by atoms with Crippen molar-refractivity contribution in [1.82, 2.24) is 4.98 Å². The zero-order valence-electron chi connectivity index (χ0n) is 28.6. The molecule has 3 heteroatoms. The van der Waals surface area contributed by atoms with E-state index in [0.717, 1.165) is 81.9 Å². The number of pyridine rings is 1. The molecule has 2 bridgehead atoms. The molecule has 0 radical (unpaired) electrons. The van der Waals surface area contributed by atoms with E-state index >= 15 is 0 Å². The Labute approximate surface area is 295 Å². The van der Waals surface area contributed by atoms with Crippen molar-refractivity contribution in [3.63, 3.8) is 0 Å². The zero-order valence-corrected chi connectivity index (χ0v) is 28.6. The monoisotopic (exact) mass is 647 g/mol. The third-order valence-corrected chi connectivity index (χ3v) is 10.6. The minimum atomic E-state index is 0.184. The van der Waals surface area contributed by atoms with Crippen LogP contribution in [-0.2, 0) is 6.42 Å². The van der Waals surface area contributed by atoms with Gasteiger partial charge in [-0.25, -0.2) is 4.98 Å². The van der Waals surface area contributed by atoms with Crippen molar-refractivity contribution in [2.75, 3.05) is 0 Å². The molecule has 1 N–H and O–H groups in total. The Morgan fingerprint density at radius 3 is 2.32 bits per heavy atom. The lowest BCUT2D eigenvalue weighted by Gasteiger charge is -2.33. The van der Waals surface area contributed by atoms with Crippen LogP contribution in [-0.4, -0.2) is 16.4 Å². The van der Waals surface area contributed by atoms with Gasteiger partial charge in [-0.1, -0.05) is 139 Å². The fourth-order valence-corrected chi connectivity index (χ4v) is 7.87. The molecule has 8 rings (SSSR count). The summed E-state index contributed by atoms with van der Waals surface area (Å²) in [5.74, 6) is 0.184. The van der Waals surface area contributed by atoms with Crippen molar-refractivity contribution in [1.29, 1.82) is 5.41 Å². The average Bonchev–Trinajstić information content (AvgIpc) is 3.17. The van der Waals surface area contributed by atoms with E-state index in [1.54, 1.807) is 0 Å². The van der Waals surface area contributed by atoms with Gasteiger partial charge in [0, 0.05) is 29.2 Å². The number of hydrogen-bond acceptors (Lipinski definition) is 3. The van der Waals surface area contributed by atoms with Gasteiger partial charge in [0.05, 0.1) is 22.8 Å². The zero-order chi connectivity index (χ0) is 34.0. The topological polar surface area (TPSA) is 49.1 Å². The molecule has 1 aromatic heterocycles. The Bertz CT molecular complexity index is 2250. The molecule has 5 aromatic rings. The maximum Gasteiger partial charge on any atom is 0.0711 e. The molecule has 0 fully saturated rings. The van der Waals surface area contributed by atoms with E-state index in [4.69, 9.17) is 9.98 Å². The highest BCUT2D eigenvalue weighted by Crippen LogP contribution is 2.46. The van der Waals surface area contributed by atoms with Crippen molar-refractivity contribution >= 4 is 28.3 Å². The van der Waals surface area contributed by atoms with Crippen molar-refractivity contribution in [2.24, 2.45) is 10.9 Å². The van der Waals surface area contributed by atoms with Crippen LogP contribution in [0.3, 0.4) is 0 Å². The lowest BCUT2D eigenvalue weighted by Crippen LogP contribution is -2.21. The summed E-state index contributed by atoms with van der Waals surface area (Å²) in [4.78, 5) is 11.0. The summed E-state index contributed by atoms with van der Waals surface area (Å²) in [6, 6.07) is 42.2. The third-order valence-electron chi connectivity index (χ3n) is 10.6. The van der Waals surface area contributed by atoms with E-state index in [0.29, 0.717) is 18.6 Å². The lowest BCUT2D eigenvalue weighted by molar-refractivity contribution is 0.717. The molecule has 0 amide bonds. The molecular formula is C47H41N3. The van der Waals surface area contributed by atoms with Crippen LogP contribution in [0.1, 0.15) is 72.5 Å². The van der Waals surface area contributed by atoms with Crippen LogP contribution in [0.5, 0.6) is 0 Å². The van der Waals surface area contributed by atoms with Gasteiger partial charge in [0.25, 0.3) is 0 Å². The minimum absolute atomic E-state index is 0.184. The molecule has 0 aliphatic heterocycles. The van der Waals surface area contributed by atoms with E-state index in [-0.39, 0.29) is 5.92 Å². The Kier molecular flexibility index (Phi) is 8.64. The van der Waals surface area contributed by atoms with Gasteiger partial charge >= 0.3 is 0 Å². The van der Waals surface area contributed by atoms with Crippen LogP contribution < -0.4 is 0 Å².